The van der Waals surface area contributed by atoms with Gasteiger partial charge in [-0.25, -0.2) is 0 Å². The molecule has 3 N–H and O–H groups in total. The molecule has 0 aliphatic carbocycles. The Morgan fingerprint density at radius 3 is 2.35 bits per heavy atom. The summed E-state index contributed by atoms with van der Waals surface area (Å²) in [5.41, 5.74) is 8.92. The largest absolute Gasteiger partial charge is 0.481 e. The molecule has 0 saturated heterocycles. The van der Waals surface area contributed by atoms with Gasteiger partial charge in [-0.15, -0.1) is 0 Å². The van der Waals surface area contributed by atoms with Crippen molar-refractivity contribution in [1.82, 2.24) is 0 Å². The molecule has 3 nitrogen and oxygen atoms in total. The number of carboxylic acid groups (broad SMARTS) is 1. The Balaban J connectivity index is 3.13. The standard InChI is InChI=1S/C14H21NO2/c1-9-5-6-11(7-10(9)2)12(8-13(16)17)14(3,4)15/h5-7,12H,8,15H2,1-4H3,(H,16,17). The van der Waals surface area contributed by atoms with Crippen LogP contribution >= 0.6 is 0 Å². The Hall–Kier alpha value is -1.35. The topological polar surface area (TPSA) is 63.3 Å². The maximum atomic E-state index is 10.9. The number of hydrogen-bond donors (Lipinski definition) is 2. The second-order valence-corrected chi connectivity index (χ2v) is 5.32. The normalized spacial score (nSPS) is 13.5. The molecule has 1 aromatic carbocycles. The van der Waals surface area contributed by atoms with Crippen LogP contribution in [0.15, 0.2) is 18.2 Å². The first-order valence-corrected chi connectivity index (χ1v) is 5.79. The summed E-state index contributed by atoms with van der Waals surface area (Å²) in [7, 11) is 0. The van der Waals surface area contributed by atoms with Crippen molar-refractivity contribution < 1.29 is 9.90 Å². The molecule has 0 aliphatic rings. The average Bonchev–Trinajstić information content (AvgIpc) is 2.17. The van der Waals surface area contributed by atoms with E-state index in [1.54, 1.807) is 0 Å². The van der Waals surface area contributed by atoms with Gasteiger partial charge in [-0.1, -0.05) is 18.2 Å². The highest BCUT2D eigenvalue weighted by atomic mass is 16.4. The molecule has 3 heteroatoms. The minimum atomic E-state index is -0.813. The summed E-state index contributed by atoms with van der Waals surface area (Å²) < 4.78 is 0. The van der Waals surface area contributed by atoms with Crippen molar-refractivity contribution in [2.24, 2.45) is 5.73 Å². The third-order valence-electron chi connectivity index (χ3n) is 3.21. The van der Waals surface area contributed by atoms with Gasteiger partial charge in [0.05, 0.1) is 6.42 Å². The Labute approximate surface area is 103 Å². The molecular weight excluding hydrogens is 214 g/mol. The van der Waals surface area contributed by atoms with E-state index < -0.39 is 11.5 Å². The number of rotatable bonds is 4. The number of benzene rings is 1. The van der Waals surface area contributed by atoms with Crippen molar-refractivity contribution in [2.45, 2.75) is 45.6 Å². The van der Waals surface area contributed by atoms with E-state index in [0.29, 0.717) is 0 Å². The first-order valence-electron chi connectivity index (χ1n) is 5.79. The van der Waals surface area contributed by atoms with Gasteiger partial charge in [0.25, 0.3) is 0 Å². The zero-order chi connectivity index (χ0) is 13.2. The number of aliphatic carboxylic acids is 1. The van der Waals surface area contributed by atoms with E-state index in [2.05, 4.69) is 0 Å². The highest BCUT2D eigenvalue weighted by Crippen LogP contribution is 2.30. The Bertz CT molecular complexity index is 419. The van der Waals surface area contributed by atoms with Gasteiger partial charge in [-0.05, 0) is 44.4 Å². The summed E-state index contributed by atoms with van der Waals surface area (Å²) in [4.78, 5) is 10.9. The second kappa shape index (κ2) is 4.88. The summed E-state index contributed by atoms with van der Waals surface area (Å²) in [5.74, 6) is -0.981. The molecule has 1 unspecified atom stereocenters. The predicted molar refractivity (Wildman–Crippen MR) is 69.2 cm³/mol. The minimum Gasteiger partial charge on any atom is -0.481 e. The van der Waals surface area contributed by atoms with E-state index in [1.807, 2.05) is 45.9 Å². The van der Waals surface area contributed by atoms with E-state index in [-0.39, 0.29) is 12.3 Å². The van der Waals surface area contributed by atoms with Crippen LogP contribution in [-0.2, 0) is 4.79 Å². The molecule has 0 fully saturated rings. The molecule has 0 spiro atoms. The third-order valence-corrected chi connectivity index (χ3v) is 3.21. The lowest BCUT2D eigenvalue weighted by atomic mass is 9.79. The molecular formula is C14H21NO2. The third kappa shape index (κ3) is 3.56. The van der Waals surface area contributed by atoms with Gasteiger partial charge >= 0.3 is 5.97 Å². The minimum absolute atomic E-state index is 0.0615. The molecule has 0 saturated carbocycles. The van der Waals surface area contributed by atoms with Crippen LogP contribution < -0.4 is 5.73 Å². The van der Waals surface area contributed by atoms with Gasteiger partial charge in [-0.2, -0.15) is 0 Å². The van der Waals surface area contributed by atoms with Gasteiger partial charge < -0.3 is 10.8 Å². The highest BCUT2D eigenvalue weighted by Gasteiger charge is 2.29. The van der Waals surface area contributed by atoms with E-state index in [0.717, 1.165) is 5.56 Å². The monoisotopic (exact) mass is 235 g/mol. The van der Waals surface area contributed by atoms with Crippen molar-refractivity contribution in [3.8, 4) is 0 Å². The number of hydrogen-bond acceptors (Lipinski definition) is 2. The summed E-state index contributed by atoms with van der Waals surface area (Å²) in [6.45, 7) is 7.81. The second-order valence-electron chi connectivity index (χ2n) is 5.32. The van der Waals surface area contributed by atoms with E-state index >= 15 is 0 Å². The van der Waals surface area contributed by atoms with E-state index in [4.69, 9.17) is 10.8 Å². The van der Waals surface area contributed by atoms with Gasteiger partial charge in [0.1, 0.15) is 0 Å². The molecule has 94 valence electrons. The zero-order valence-corrected chi connectivity index (χ0v) is 10.9. The molecule has 0 bridgehead atoms. The number of nitrogens with two attached hydrogens (primary N) is 1. The van der Waals surface area contributed by atoms with Crippen LogP contribution in [-0.4, -0.2) is 16.6 Å². The van der Waals surface area contributed by atoms with Gasteiger partial charge in [-0.3, -0.25) is 4.79 Å². The Kier molecular flexibility index (Phi) is 3.94. The number of carboxylic acids is 1. The first kappa shape index (κ1) is 13.7. The van der Waals surface area contributed by atoms with Crippen LogP contribution in [0.3, 0.4) is 0 Å². The molecule has 1 atom stereocenters. The van der Waals surface area contributed by atoms with Crippen LogP contribution in [0.4, 0.5) is 0 Å². The van der Waals surface area contributed by atoms with Gasteiger partial charge in [0.2, 0.25) is 0 Å². The van der Waals surface area contributed by atoms with Gasteiger partial charge in [0, 0.05) is 11.5 Å². The summed E-state index contributed by atoms with van der Waals surface area (Å²) >= 11 is 0. The van der Waals surface area contributed by atoms with Crippen molar-refractivity contribution in [2.75, 3.05) is 0 Å². The fourth-order valence-corrected chi connectivity index (χ4v) is 1.97. The predicted octanol–water partition coefficient (Wildman–Crippen LogP) is 2.60. The molecule has 0 aromatic heterocycles. The highest BCUT2D eigenvalue weighted by molar-refractivity contribution is 5.68. The summed E-state index contributed by atoms with van der Waals surface area (Å²) in [5, 5.41) is 8.98. The van der Waals surface area contributed by atoms with Crippen molar-refractivity contribution in [1.29, 1.82) is 0 Å². The number of carbonyl (C=O) groups is 1. The quantitative estimate of drug-likeness (QED) is 0.843. The fraction of sp³-hybridized carbons (Fsp3) is 0.500. The van der Waals surface area contributed by atoms with E-state index in [1.165, 1.54) is 11.1 Å². The van der Waals surface area contributed by atoms with Gasteiger partial charge in [0.15, 0.2) is 0 Å². The molecule has 0 heterocycles. The maximum Gasteiger partial charge on any atom is 0.304 e. The van der Waals surface area contributed by atoms with Crippen LogP contribution in [0.1, 0.15) is 42.9 Å². The lowest BCUT2D eigenvalue weighted by molar-refractivity contribution is -0.137. The fourth-order valence-electron chi connectivity index (χ4n) is 1.97. The van der Waals surface area contributed by atoms with Crippen molar-refractivity contribution in [3.05, 3.63) is 34.9 Å². The Morgan fingerprint density at radius 2 is 1.94 bits per heavy atom. The lowest BCUT2D eigenvalue weighted by Crippen LogP contribution is -2.40. The molecule has 1 aromatic rings. The van der Waals surface area contributed by atoms with Crippen LogP contribution in [0.5, 0.6) is 0 Å². The SMILES string of the molecule is Cc1ccc(C(CC(=O)O)C(C)(C)N)cc1C. The maximum absolute atomic E-state index is 10.9. The smallest absolute Gasteiger partial charge is 0.304 e. The Morgan fingerprint density at radius 1 is 1.35 bits per heavy atom. The average molecular weight is 235 g/mol. The van der Waals surface area contributed by atoms with E-state index in [9.17, 15) is 4.79 Å². The molecule has 0 aliphatic heterocycles. The van der Waals surface area contributed by atoms with Crippen LogP contribution in [0, 0.1) is 13.8 Å². The molecule has 1 rings (SSSR count). The molecule has 0 radical (unpaired) electrons. The zero-order valence-electron chi connectivity index (χ0n) is 10.9. The number of aryl methyl sites for hydroxylation is 2. The van der Waals surface area contributed by atoms with Crippen molar-refractivity contribution in [3.63, 3.8) is 0 Å². The first-order chi connectivity index (χ1) is 7.71. The van der Waals surface area contributed by atoms with Crippen LogP contribution in [0.25, 0.3) is 0 Å². The summed E-state index contributed by atoms with van der Waals surface area (Å²) in [6.07, 6.45) is 0.0615. The van der Waals surface area contributed by atoms with Crippen LogP contribution in [0.2, 0.25) is 0 Å². The molecule has 17 heavy (non-hydrogen) atoms. The lowest BCUT2D eigenvalue weighted by Gasteiger charge is -2.30. The molecule has 0 amide bonds. The van der Waals surface area contributed by atoms with Crippen molar-refractivity contribution >= 4 is 5.97 Å². The summed E-state index contributed by atoms with van der Waals surface area (Å²) in [6, 6.07) is 6.04.